The lowest BCUT2D eigenvalue weighted by atomic mass is 10.1. The molecule has 1 rings (SSSR count). The molecule has 0 saturated carbocycles. The molecule has 0 aliphatic carbocycles. The summed E-state index contributed by atoms with van der Waals surface area (Å²) in [6, 6.07) is 0. The number of thiol groups is 1. The van der Waals surface area contributed by atoms with E-state index in [-0.39, 0.29) is 18.3 Å². The van der Waals surface area contributed by atoms with Gasteiger partial charge in [-0.25, -0.2) is 0 Å². The Kier molecular flexibility index (Phi) is 3.87. The Morgan fingerprint density at radius 2 is 2.31 bits per heavy atom. The fraction of sp³-hybridized carbons (Fsp3) is 1.00. The maximum Gasteiger partial charge on any atom is 0.252 e. The predicted octanol–water partition coefficient (Wildman–Crippen LogP) is 2.71. The molecule has 0 aromatic rings. The molecule has 0 N–H and O–H groups in total. The minimum Gasteiger partial charge on any atom is -0.372 e. The third-order valence-electron chi connectivity index (χ3n) is 2.12. The fourth-order valence-electron chi connectivity index (χ4n) is 1.64. The van der Waals surface area contributed by atoms with Crippen LogP contribution in [0.25, 0.3) is 0 Å². The second-order valence-electron chi connectivity index (χ2n) is 3.58. The van der Waals surface area contributed by atoms with E-state index >= 15 is 0 Å². The average molecular weight is 224 g/mol. The molecule has 0 aromatic carbocycles. The minimum absolute atomic E-state index is 0.0478. The topological polar surface area (TPSA) is 35.5 Å². The highest BCUT2D eigenvalue weighted by molar-refractivity contribution is 8.46. The van der Waals surface area contributed by atoms with Crippen molar-refractivity contribution in [1.29, 1.82) is 0 Å². The highest BCUT2D eigenvalue weighted by atomic mass is 32.7. The van der Waals surface area contributed by atoms with Crippen molar-refractivity contribution in [3.05, 3.63) is 0 Å². The van der Waals surface area contributed by atoms with E-state index in [2.05, 4.69) is 12.2 Å². The molecule has 1 saturated heterocycles. The first-order valence-electron chi connectivity index (χ1n) is 4.56. The third-order valence-corrected chi connectivity index (χ3v) is 3.06. The number of hydrogen-bond acceptors (Lipinski definition) is 3. The van der Waals surface area contributed by atoms with E-state index in [0.717, 1.165) is 12.8 Å². The molecule has 1 unspecified atom stereocenters. The maximum absolute atomic E-state index is 11.3. The van der Waals surface area contributed by atoms with Crippen LogP contribution < -0.4 is 0 Å². The second-order valence-corrected chi connectivity index (χ2v) is 7.57. The SMILES string of the molecule is CC[C@H]1O[C@@H](C)C[C@H]1OP(C)(=O)S. The van der Waals surface area contributed by atoms with Crippen molar-refractivity contribution in [2.24, 2.45) is 0 Å². The predicted molar refractivity (Wildman–Crippen MR) is 56.6 cm³/mol. The van der Waals surface area contributed by atoms with Crippen molar-refractivity contribution in [2.75, 3.05) is 6.66 Å². The molecule has 1 fully saturated rings. The van der Waals surface area contributed by atoms with Crippen molar-refractivity contribution in [1.82, 2.24) is 0 Å². The minimum atomic E-state index is -2.68. The lowest BCUT2D eigenvalue weighted by Gasteiger charge is -2.19. The summed E-state index contributed by atoms with van der Waals surface area (Å²) < 4.78 is 22.3. The molecule has 4 atom stereocenters. The molecule has 1 aliphatic heterocycles. The van der Waals surface area contributed by atoms with Gasteiger partial charge in [-0.2, -0.15) is 0 Å². The lowest BCUT2D eigenvalue weighted by molar-refractivity contribution is 0.0234. The molecule has 0 radical (unpaired) electrons. The fourth-order valence-corrected chi connectivity index (χ4v) is 2.73. The van der Waals surface area contributed by atoms with E-state index < -0.39 is 6.57 Å². The van der Waals surface area contributed by atoms with Gasteiger partial charge >= 0.3 is 0 Å². The van der Waals surface area contributed by atoms with Gasteiger partial charge in [-0.3, -0.25) is 4.57 Å². The summed E-state index contributed by atoms with van der Waals surface area (Å²) in [4.78, 5) is 0. The summed E-state index contributed by atoms with van der Waals surface area (Å²) in [6.45, 7) is 2.89. The van der Waals surface area contributed by atoms with Crippen molar-refractivity contribution < 1.29 is 13.8 Å². The summed E-state index contributed by atoms with van der Waals surface area (Å²) in [7, 11) is 0. The summed E-state index contributed by atoms with van der Waals surface area (Å²) in [5.74, 6) is 0. The molecule has 0 bridgehead atoms. The number of ether oxygens (including phenoxy) is 1. The quantitative estimate of drug-likeness (QED) is 0.591. The summed E-state index contributed by atoms with van der Waals surface area (Å²) in [5, 5.41) is 0. The van der Waals surface area contributed by atoms with Gasteiger partial charge < -0.3 is 9.26 Å². The van der Waals surface area contributed by atoms with Crippen LogP contribution in [0.2, 0.25) is 0 Å². The Hall–Kier alpha value is 0.500. The molecular weight excluding hydrogens is 207 g/mol. The normalized spacial score (nSPS) is 38.9. The van der Waals surface area contributed by atoms with Gasteiger partial charge in [0.2, 0.25) is 0 Å². The maximum atomic E-state index is 11.3. The Morgan fingerprint density at radius 3 is 2.77 bits per heavy atom. The summed E-state index contributed by atoms with van der Waals surface area (Å²) in [6.07, 6.45) is 1.94. The van der Waals surface area contributed by atoms with Crippen LogP contribution >= 0.6 is 18.8 Å². The summed E-state index contributed by atoms with van der Waals surface area (Å²) >= 11 is 3.92. The smallest absolute Gasteiger partial charge is 0.252 e. The summed E-state index contributed by atoms with van der Waals surface area (Å²) in [5.41, 5.74) is 0. The molecule has 78 valence electrons. The van der Waals surface area contributed by atoms with Crippen molar-refractivity contribution in [2.45, 2.75) is 45.0 Å². The van der Waals surface area contributed by atoms with Crippen LogP contribution in [-0.4, -0.2) is 25.0 Å². The molecule has 0 spiro atoms. The molecular formula is C8H17O3PS. The Balaban J connectivity index is 2.54. The molecule has 3 nitrogen and oxygen atoms in total. The van der Waals surface area contributed by atoms with Gasteiger partial charge in [0.25, 0.3) is 6.57 Å². The Morgan fingerprint density at radius 1 is 1.69 bits per heavy atom. The number of rotatable bonds is 3. The van der Waals surface area contributed by atoms with Crippen LogP contribution in [0.4, 0.5) is 0 Å². The van der Waals surface area contributed by atoms with Crippen LogP contribution in [0.15, 0.2) is 0 Å². The largest absolute Gasteiger partial charge is 0.372 e. The van der Waals surface area contributed by atoms with E-state index in [1.165, 1.54) is 6.66 Å². The van der Waals surface area contributed by atoms with Crippen LogP contribution in [0, 0.1) is 0 Å². The monoisotopic (exact) mass is 224 g/mol. The zero-order chi connectivity index (χ0) is 10.1. The second kappa shape index (κ2) is 4.35. The van der Waals surface area contributed by atoms with Gasteiger partial charge in [0, 0.05) is 13.1 Å². The van der Waals surface area contributed by atoms with E-state index in [9.17, 15) is 4.57 Å². The van der Waals surface area contributed by atoms with E-state index in [0.29, 0.717) is 0 Å². The number of hydrogen-bond donors (Lipinski definition) is 1. The third kappa shape index (κ3) is 3.62. The van der Waals surface area contributed by atoms with Gasteiger partial charge in [-0.1, -0.05) is 19.2 Å². The van der Waals surface area contributed by atoms with Crippen LogP contribution in [0.5, 0.6) is 0 Å². The molecule has 1 heterocycles. The highest BCUT2D eigenvalue weighted by Crippen LogP contribution is 2.50. The van der Waals surface area contributed by atoms with E-state index in [4.69, 9.17) is 9.26 Å². The van der Waals surface area contributed by atoms with Gasteiger partial charge in [-0.15, -0.1) is 0 Å². The van der Waals surface area contributed by atoms with Gasteiger partial charge in [0.1, 0.15) is 0 Å². The first-order valence-corrected chi connectivity index (χ1v) is 7.79. The molecule has 1 aliphatic rings. The standard InChI is InChI=1S/C8H17O3PS/c1-4-7-8(5-6(2)10-7)11-12(3,9)13/h6-8H,4-5H2,1-3H3,(H,9,13)/t6-,7+,8+,12?/m0/s1. The average Bonchev–Trinajstić information content (AvgIpc) is 2.27. The van der Waals surface area contributed by atoms with E-state index in [1.807, 2.05) is 13.8 Å². The first-order chi connectivity index (χ1) is 5.92. The zero-order valence-corrected chi connectivity index (χ0v) is 10.1. The molecule has 0 amide bonds. The highest BCUT2D eigenvalue weighted by Gasteiger charge is 2.35. The van der Waals surface area contributed by atoms with Crippen molar-refractivity contribution >= 4 is 18.8 Å². The molecule has 13 heavy (non-hydrogen) atoms. The van der Waals surface area contributed by atoms with Gasteiger partial charge in [0.05, 0.1) is 18.3 Å². The van der Waals surface area contributed by atoms with Crippen LogP contribution in [0.1, 0.15) is 26.7 Å². The zero-order valence-electron chi connectivity index (χ0n) is 8.27. The molecule has 0 aromatic heterocycles. The van der Waals surface area contributed by atoms with Crippen molar-refractivity contribution in [3.63, 3.8) is 0 Å². The van der Waals surface area contributed by atoms with E-state index in [1.54, 1.807) is 0 Å². The Bertz CT molecular complexity index is 215. The first kappa shape index (κ1) is 11.6. The van der Waals surface area contributed by atoms with Crippen LogP contribution in [0.3, 0.4) is 0 Å². The lowest BCUT2D eigenvalue weighted by Crippen LogP contribution is -2.21. The van der Waals surface area contributed by atoms with Crippen molar-refractivity contribution in [3.8, 4) is 0 Å². The van der Waals surface area contributed by atoms with Gasteiger partial charge in [0.15, 0.2) is 0 Å². The van der Waals surface area contributed by atoms with Crippen LogP contribution in [-0.2, 0) is 13.8 Å². The Labute approximate surface area is 84.8 Å². The van der Waals surface area contributed by atoms with Gasteiger partial charge in [-0.05, 0) is 13.3 Å². The molecule has 5 heteroatoms.